The van der Waals surface area contributed by atoms with Crippen molar-refractivity contribution in [1.29, 1.82) is 0 Å². The van der Waals surface area contributed by atoms with Crippen molar-refractivity contribution in [2.75, 3.05) is 14.2 Å². The normalized spacial score (nSPS) is 9.67. The molecular formula is C12H16N2O4. The molecule has 0 saturated heterocycles. The number of esters is 1. The van der Waals surface area contributed by atoms with E-state index < -0.39 is 6.03 Å². The van der Waals surface area contributed by atoms with E-state index in [1.165, 1.54) is 14.2 Å². The topological polar surface area (TPSA) is 90.6 Å². The van der Waals surface area contributed by atoms with E-state index in [-0.39, 0.29) is 12.4 Å². The van der Waals surface area contributed by atoms with Gasteiger partial charge in [-0.05, 0) is 17.7 Å². The molecule has 0 aliphatic heterocycles. The van der Waals surface area contributed by atoms with Gasteiger partial charge >= 0.3 is 12.0 Å². The first kappa shape index (κ1) is 13.8. The number of nitrogens with two attached hydrogens (primary N) is 1. The highest BCUT2D eigenvalue weighted by Crippen LogP contribution is 2.20. The number of carbonyl (C=O) groups excluding carboxylic acids is 2. The fourth-order valence-corrected chi connectivity index (χ4v) is 1.50. The van der Waals surface area contributed by atoms with Gasteiger partial charge in [0.25, 0.3) is 0 Å². The molecule has 1 aromatic rings. The van der Waals surface area contributed by atoms with Crippen LogP contribution in [0.1, 0.15) is 11.1 Å². The van der Waals surface area contributed by atoms with Crippen molar-refractivity contribution in [2.24, 2.45) is 5.73 Å². The van der Waals surface area contributed by atoms with Gasteiger partial charge in [-0.25, -0.2) is 4.79 Å². The number of urea groups is 1. The summed E-state index contributed by atoms with van der Waals surface area (Å²) in [5.74, 6) is 0.247. The van der Waals surface area contributed by atoms with Gasteiger partial charge in [-0.2, -0.15) is 0 Å². The second-order valence-corrected chi connectivity index (χ2v) is 3.62. The Morgan fingerprint density at radius 2 is 2.06 bits per heavy atom. The number of nitrogens with one attached hydrogen (secondary N) is 1. The first-order chi connectivity index (χ1) is 8.56. The smallest absolute Gasteiger partial charge is 0.312 e. The van der Waals surface area contributed by atoms with Crippen LogP contribution in [0.25, 0.3) is 0 Å². The molecule has 0 radical (unpaired) electrons. The molecule has 0 unspecified atom stereocenters. The summed E-state index contributed by atoms with van der Waals surface area (Å²) < 4.78 is 9.76. The molecule has 0 bridgehead atoms. The van der Waals surface area contributed by atoms with Crippen LogP contribution >= 0.6 is 0 Å². The number of benzene rings is 1. The van der Waals surface area contributed by atoms with E-state index in [1.54, 1.807) is 18.2 Å². The lowest BCUT2D eigenvalue weighted by Crippen LogP contribution is -2.28. The Morgan fingerprint density at radius 1 is 1.33 bits per heavy atom. The highest BCUT2D eigenvalue weighted by Gasteiger charge is 2.10. The largest absolute Gasteiger partial charge is 0.496 e. The minimum absolute atomic E-state index is 0.115. The molecule has 0 aromatic heterocycles. The highest BCUT2D eigenvalue weighted by atomic mass is 16.5. The van der Waals surface area contributed by atoms with Crippen LogP contribution in [0.15, 0.2) is 18.2 Å². The first-order valence-electron chi connectivity index (χ1n) is 5.32. The predicted molar refractivity (Wildman–Crippen MR) is 65.1 cm³/mol. The van der Waals surface area contributed by atoms with Gasteiger partial charge in [-0.1, -0.05) is 6.07 Å². The summed E-state index contributed by atoms with van der Waals surface area (Å²) in [6.45, 7) is 0.299. The van der Waals surface area contributed by atoms with Crippen LogP contribution < -0.4 is 15.8 Å². The van der Waals surface area contributed by atoms with Crippen molar-refractivity contribution in [2.45, 2.75) is 13.0 Å². The van der Waals surface area contributed by atoms with Crippen LogP contribution in [-0.2, 0) is 22.5 Å². The fourth-order valence-electron chi connectivity index (χ4n) is 1.50. The average molecular weight is 252 g/mol. The molecule has 6 heteroatoms. The van der Waals surface area contributed by atoms with E-state index >= 15 is 0 Å². The Labute approximate surface area is 105 Å². The summed E-state index contributed by atoms with van der Waals surface area (Å²) in [6, 6.07) is 4.69. The summed E-state index contributed by atoms with van der Waals surface area (Å²) >= 11 is 0. The van der Waals surface area contributed by atoms with Gasteiger partial charge in [-0.15, -0.1) is 0 Å². The second kappa shape index (κ2) is 6.48. The predicted octanol–water partition coefficient (Wildman–Crippen LogP) is 0.579. The van der Waals surface area contributed by atoms with Crippen molar-refractivity contribution in [1.82, 2.24) is 5.32 Å². The molecule has 6 nitrogen and oxygen atoms in total. The molecule has 2 amide bonds. The highest BCUT2D eigenvalue weighted by molar-refractivity contribution is 5.73. The van der Waals surface area contributed by atoms with Crippen molar-refractivity contribution >= 4 is 12.0 Å². The molecule has 0 heterocycles. The van der Waals surface area contributed by atoms with Crippen LogP contribution in [0.2, 0.25) is 0 Å². The number of rotatable bonds is 5. The number of primary amides is 1. The number of carbonyl (C=O) groups is 2. The number of ether oxygens (including phenoxy) is 2. The molecule has 18 heavy (non-hydrogen) atoms. The zero-order chi connectivity index (χ0) is 13.5. The quantitative estimate of drug-likeness (QED) is 0.750. The van der Waals surface area contributed by atoms with E-state index in [0.717, 1.165) is 5.56 Å². The molecule has 0 saturated carbocycles. The number of methoxy groups -OCH3 is 2. The van der Waals surface area contributed by atoms with E-state index in [2.05, 4.69) is 10.1 Å². The van der Waals surface area contributed by atoms with Crippen LogP contribution in [0.5, 0.6) is 5.75 Å². The molecule has 1 rings (SSSR count). The van der Waals surface area contributed by atoms with Crippen molar-refractivity contribution in [3.05, 3.63) is 29.3 Å². The molecule has 1 aromatic carbocycles. The third-order valence-corrected chi connectivity index (χ3v) is 2.37. The summed E-state index contributed by atoms with van der Waals surface area (Å²) in [6.07, 6.45) is 0.115. The molecule has 98 valence electrons. The maximum atomic E-state index is 11.3. The molecule has 0 spiro atoms. The van der Waals surface area contributed by atoms with E-state index in [9.17, 15) is 9.59 Å². The average Bonchev–Trinajstić information content (AvgIpc) is 2.36. The van der Waals surface area contributed by atoms with Gasteiger partial charge in [0, 0.05) is 12.1 Å². The maximum Gasteiger partial charge on any atom is 0.312 e. The Balaban J connectivity index is 2.87. The van der Waals surface area contributed by atoms with Crippen LogP contribution in [0, 0.1) is 0 Å². The summed E-state index contributed by atoms with van der Waals surface area (Å²) in [5, 5.41) is 2.48. The van der Waals surface area contributed by atoms with E-state index in [1.807, 2.05) is 0 Å². The van der Waals surface area contributed by atoms with Gasteiger partial charge in [0.15, 0.2) is 0 Å². The first-order valence-corrected chi connectivity index (χ1v) is 5.32. The zero-order valence-corrected chi connectivity index (χ0v) is 10.4. The minimum atomic E-state index is -0.597. The number of hydrogen-bond donors (Lipinski definition) is 2. The Bertz CT molecular complexity index is 446. The van der Waals surface area contributed by atoms with Crippen LogP contribution in [0.3, 0.4) is 0 Å². The fraction of sp³-hybridized carbons (Fsp3) is 0.333. The molecular weight excluding hydrogens is 236 g/mol. The van der Waals surface area contributed by atoms with Gasteiger partial charge in [-0.3, -0.25) is 4.79 Å². The Morgan fingerprint density at radius 3 is 2.61 bits per heavy atom. The van der Waals surface area contributed by atoms with Gasteiger partial charge in [0.1, 0.15) is 5.75 Å². The zero-order valence-electron chi connectivity index (χ0n) is 10.4. The van der Waals surface area contributed by atoms with Crippen LogP contribution in [0.4, 0.5) is 4.79 Å². The molecule has 0 aliphatic rings. The minimum Gasteiger partial charge on any atom is -0.496 e. The van der Waals surface area contributed by atoms with E-state index in [0.29, 0.717) is 17.9 Å². The monoisotopic (exact) mass is 252 g/mol. The van der Waals surface area contributed by atoms with Crippen molar-refractivity contribution in [3.63, 3.8) is 0 Å². The lowest BCUT2D eigenvalue weighted by molar-refractivity contribution is -0.139. The van der Waals surface area contributed by atoms with Gasteiger partial charge < -0.3 is 20.5 Å². The maximum absolute atomic E-state index is 11.3. The van der Waals surface area contributed by atoms with Crippen molar-refractivity contribution in [3.8, 4) is 5.75 Å². The molecule has 0 aliphatic carbocycles. The Hall–Kier alpha value is -2.24. The summed E-state index contributed by atoms with van der Waals surface area (Å²) in [4.78, 5) is 21.9. The lowest BCUT2D eigenvalue weighted by Gasteiger charge is -2.10. The summed E-state index contributed by atoms with van der Waals surface area (Å²) in [7, 11) is 2.85. The van der Waals surface area contributed by atoms with Gasteiger partial charge in [0.2, 0.25) is 0 Å². The number of amides is 2. The van der Waals surface area contributed by atoms with Crippen LogP contribution in [-0.4, -0.2) is 26.2 Å². The molecule has 0 atom stereocenters. The Kier molecular flexibility index (Phi) is 4.98. The number of hydrogen-bond acceptors (Lipinski definition) is 4. The standard InChI is InChI=1S/C12H16N2O4/c1-17-10-4-3-8(7-14-12(13)16)5-9(10)6-11(15)18-2/h3-5H,6-7H2,1-2H3,(H3,13,14,16). The van der Waals surface area contributed by atoms with Crippen molar-refractivity contribution < 1.29 is 19.1 Å². The molecule has 3 N–H and O–H groups in total. The van der Waals surface area contributed by atoms with Gasteiger partial charge in [0.05, 0.1) is 20.6 Å². The SMILES string of the molecule is COC(=O)Cc1cc(CNC(N)=O)ccc1OC. The van der Waals surface area contributed by atoms with E-state index in [4.69, 9.17) is 10.5 Å². The summed E-state index contributed by atoms with van der Waals surface area (Å²) in [5.41, 5.74) is 6.52. The third kappa shape index (κ3) is 3.97. The lowest BCUT2D eigenvalue weighted by atomic mass is 10.1. The molecule has 0 fully saturated rings. The second-order valence-electron chi connectivity index (χ2n) is 3.62. The third-order valence-electron chi connectivity index (χ3n) is 2.37.